The molecule has 0 saturated heterocycles. The minimum atomic E-state index is -0.0542. The van der Waals surface area contributed by atoms with E-state index in [2.05, 4.69) is 171 Å². The van der Waals surface area contributed by atoms with Crippen LogP contribution in [0.1, 0.15) is 26.3 Å². The summed E-state index contributed by atoms with van der Waals surface area (Å²) in [5.74, 6) is 0. The Morgan fingerprint density at radius 3 is 1.92 bits per heavy atom. The highest BCUT2D eigenvalue weighted by Crippen LogP contribution is 2.49. The first kappa shape index (κ1) is 28.4. The number of nitrogens with zero attached hydrogens (tertiary/aromatic N) is 1. The van der Waals surface area contributed by atoms with E-state index >= 15 is 0 Å². The maximum absolute atomic E-state index is 6.75. The van der Waals surface area contributed by atoms with Crippen LogP contribution in [0.3, 0.4) is 0 Å². The van der Waals surface area contributed by atoms with Crippen LogP contribution in [-0.2, 0) is 5.41 Å². The molecule has 2 aromatic heterocycles. The number of anilines is 3. The minimum absolute atomic E-state index is 0.0542. The van der Waals surface area contributed by atoms with Crippen LogP contribution in [-0.4, -0.2) is 0 Å². The summed E-state index contributed by atoms with van der Waals surface area (Å²) in [6.07, 6.45) is 0. The molecule has 0 N–H and O–H groups in total. The molecule has 0 aliphatic heterocycles. The Kier molecular flexibility index (Phi) is 6.04. The fourth-order valence-corrected chi connectivity index (χ4v) is 9.01. The number of furan rings is 1. The predicted molar refractivity (Wildman–Crippen MR) is 213 cm³/mol. The fourth-order valence-electron chi connectivity index (χ4n) is 7.92. The van der Waals surface area contributed by atoms with Crippen LogP contribution in [0, 0.1) is 0 Å². The van der Waals surface area contributed by atoms with E-state index in [9.17, 15) is 0 Å². The zero-order valence-electron chi connectivity index (χ0n) is 27.6. The van der Waals surface area contributed by atoms with E-state index in [1.807, 2.05) is 11.3 Å². The van der Waals surface area contributed by atoms with Gasteiger partial charge in [0.05, 0.1) is 11.4 Å². The van der Waals surface area contributed by atoms with Gasteiger partial charge in [-0.3, -0.25) is 0 Å². The summed E-state index contributed by atoms with van der Waals surface area (Å²) in [4.78, 5) is 2.50. The van der Waals surface area contributed by atoms with E-state index in [1.165, 1.54) is 52.7 Å². The third kappa shape index (κ3) is 4.25. The second-order valence-electron chi connectivity index (χ2n) is 14.1. The highest BCUT2D eigenvalue weighted by Gasteiger charge is 2.26. The number of thiophene rings is 1. The van der Waals surface area contributed by atoms with Crippen molar-refractivity contribution in [1.29, 1.82) is 0 Å². The second-order valence-corrected chi connectivity index (χ2v) is 15.2. The summed E-state index contributed by atoms with van der Waals surface area (Å²) in [5, 5.41) is 12.1. The van der Waals surface area contributed by atoms with Crippen LogP contribution in [0.4, 0.5) is 17.1 Å². The Labute approximate surface area is 288 Å². The number of benzene rings is 8. The van der Waals surface area contributed by atoms with Gasteiger partial charge < -0.3 is 9.32 Å². The van der Waals surface area contributed by atoms with Crippen LogP contribution in [0.25, 0.3) is 74.4 Å². The average Bonchev–Trinajstić information content (AvgIpc) is 3.70. The number of rotatable bonds is 3. The maximum atomic E-state index is 6.75. The standard InChI is InChI=1S/C46H33NOS/c1-46(2,3)38-20-12-21-41-44(38)37-27-40(33-17-8-9-19-35(33)45(37)48-41)47(29-23-24-43-36(26-29)34-18-10-11-22-42(34)49-43)39-25-28-13-4-5-14-30(28)31-15-6-7-16-32(31)39/h4-27H,1-3H3. The molecule has 10 aromatic rings. The smallest absolute Gasteiger partial charge is 0.143 e. The van der Waals surface area contributed by atoms with Crippen LogP contribution in [0.2, 0.25) is 0 Å². The molecule has 10 rings (SSSR count). The van der Waals surface area contributed by atoms with Crippen molar-refractivity contribution in [1.82, 2.24) is 0 Å². The van der Waals surface area contributed by atoms with E-state index in [1.54, 1.807) is 0 Å². The molecule has 0 aliphatic carbocycles. The molecule has 0 amide bonds. The zero-order chi connectivity index (χ0) is 32.9. The first-order valence-corrected chi connectivity index (χ1v) is 17.7. The summed E-state index contributed by atoms with van der Waals surface area (Å²) in [5.41, 5.74) is 6.52. The first-order chi connectivity index (χ1) is 23.9. The molecule has 2 heterocycles. The van der Waals surface area contributed by atoms with Crippen molar-refractivity contribution in [3.05, 3.63) is 151 Å². The molecule has 0 atom stereocenters. The van der Waals surface area contributed by atoms with Crippen molar-refractivity contribution in [3.63, 3.8) is 0 Å². The Morgan fingerprint density at radius 2 is 1.12 bits per heavy atom. The average molecular weight is 648 g/mol. The molecule has 0 radical (unpaired) electrons. The van der Waals surface area contributed by atoms with E-state index in [-0.39, 0.29) is 5.41 Å². The monoisotopic (exact) mass is 647 g/mol. The Hall–Kier alpha value is -5.64. The van der Waals surface area contributed by atoms with Crippen molar-refractivity contribution in [2.75, 3.05) is 4.90 Å². The van der Waals surface area contributed by atoms with Crippen molar-refractivity contribution < 1.29 is 4.42 Å². The molecule has 8 aromatic carbocycles. The summed E-state index contributed by atoms with van der Waals surface area (Å²) in [6.45, 7) is 6.86. The molecule has 0 unspecified atom stereocenters. The van der Waals surface area contributed by atoms with Crippen molar-refractivity contribution in [3.8, 4) is 0 Å². The lowest BCUT2D eigenvalue weighted by Crippen LogP contribution is -2.12. The van der Waals surface area contributed by atoms with Gasteiger partial charge >= 0.3 is 0 Å². The fraction of sp³-hybridized carbons (Fsp3) is 0.0870. The molecule has 0 spiro atoms. The molecule has 2 nitrogen and oxygen atoms in total. The van der Waals surface area contributed by atoms with Gasteiger partial charge in [0, 0.05) is 52.8 Å². The van der Waals surface area contributed by atoms with Crippen LogP contribution in [0.5, 0.6) is 0 Å². The Bertz CT molecular complexity index is 2940. The van der Waals surface area contributed by atoms with Gasteiger partial charge in [0.15, 0.2) is 0 Å². The lowest BCUT2D eigenvalue weighted by molar-refractivity contribution is 0.594. The van der Waals surface area contributed by atoms with Gasteiger partial charge in [0.2, 0.25) is 0 Å². The molecule has 3 heteroatoms. The van der Waals surface area contributed by atoms with Crippen LogP contribution < -0.4 is 4.90 Å². The topological polar surface area (TPSA) is 16.4 Å². The van der Waals surface area contributed by atoms with Gasteiger partial charge in [-0.1, -0.05) is 124 Å². The molecule has 0 bridgehead atoms. The highest BCUT2D eigenvalue weighted by molar-refractivity contribution is 7.25. The summed E-state index contributed by atoms with van der Waals surface area (Å²) < 4.78 is 9.36. The molecular weight excluding hydrogens is 615 g/mol. The Balaban J connectivity index is 1.38. The maximum Gasteiger partial charge on any atom is 0.143 e. The first-order valence-electron chi connectivity index (χ1n) is 16.9. The number of hydrogen-bond donors (Lipinski definition) is 0. The molecule has 234 valence electrons. The molecular formula is C46H33NOS. The normalized spacial score (nSPS) is 12.4. The molecule has 0 fully saturated rings. The van der Waals surface area contributed by atoms with Gasteiger partial charge in [0.1, 0.15) is 11.2 Å². The van der Waals surface area contributed by atoms with Gasteiger partial charge in [-0.2, -0.15) is 0 Å². The van der Waals surface area contributed by atoms with Crippen LogP contribution >= 0.6 is 11.3 Å². The molecule has 49 heavy (non-hydrogen) atoms. The van der Waals surface area contributed by atoms with Gasteiger partial charge in [0.25, 0.3) is 0 Å². The SMILES string of the molecule is CC(C)(C)c1cccc2oc3c4ccccc4c(N(c4ccc5sc6ccccc6c5c4)c4cc5ccccc5c5ccccc45)cc3c12. The Morgan fingerprint density at radius 1 is 0.490 bits per heavy atom. The summed E-state index contributed by atoms with van der Waals surface area (Å²) >= 11 is 1.86. The quantitative estimate of drug-likeness (QED) is 0.177. The van der Waals surface area contributed by atoms with Crippen LogP contribution in [0.15, 0.2) is 150 Å². The van der Waals surface area contributed by atoms with E-state index in [0.29, 0.717) is 0 Å². The third-order valence-electron chi connectivity index (χ3n) is 10.1. The van der Waals surface area contributed by atoms with Crippen molar-refractivity contribution in [2.24, 2.45) is 0 Å². The molecule has 0 saturated carbocycles. The summed E-state index contributed by atoms with van der Waals surface area (Å²) in [7, 11) is 0. The van der Waals surface area contributed by atoms with Gasteiger partial charge in [-0.15, -0.1) is 11.3 Å². The largest absolute Gasteiger partial charge is 0.455 e. The third-order valence-corrected chi connectivity index (χ3v) is 11.3. The molecule has 0 aliphatic rings. The highest BCUT2D eigenvalue weighted by atomic mass is 32.1. The lowest BCUT2D eigenvalue weighted by atomic mass is 9.84. The number of fused-ring (bicyclic) bond motifs is 11. The number of hydrogen-bond acceptors (Lipinski definition) is 3. The zero-order valence-corrected chi connectivity index (χ0v) is 28.4. The predicted octanol–water partition coefficient (Wildman–Crippen LogP) is 14.2. The van der Waals surface area contributed by atoms with Gasteiger partial charge in [-0.25, -0.2) is 0 Å². The van der Waals surface area contributed by atoms with E-state index in [0.717, 1.165) is 44.4 Å². The van der Waals surface area contributed by atoms with Crippen molar-refractivity contribution in [2.45, 2.75) is 26.2 Å². The lowest BCUT2D eigenvalue weighted by Gasteiger charge is -2.29. The summed E-state index contributed by atoms with van der Waals surface area (Å²) in [6, 6.07) is 53.4. The van der Waals surface area contributed by atoms with Crippen molar-refractivity contribution >= 4 is 103 Å². The second kappa shape index (κ2) is 10.4. The van der Waals surface area contributed by atoms with E-state index in [4.69, 9.17) is 4.42 Å². The van der Waals surface area contributed by atoms with Gasteiger partial charge in [-0.05, 0) is 69.6 Å². The van der Waals surface area contributed by atoms with E-state index < -0.39 is 0 Å². The minimum Gasteiger partial charge on any atom is -0.455 e.